The van der Waals surface area contributed by atoms with Crippen molar-refractivity contribution in [1.29, 1.82) is 0 Å². The van der Waals surface area contributed by atoms with Crippen molar-refractivity contribution in [3.63, 3.8) is 0 Å². The highest BCUT2D eigenvalue weighted by Crippen LogP contribution is 2.21. The number of hydrazine groups is 1. The molecule has 1 rings (SSSR count). The van der Waals surface area contributed by atoms with Crippen LogP contribution in [-0.2, 0) is 0 Å². The van der Waals surface area contributed by atoms with Gasteiger partial charge in [-0.25, -0.2) is 0 Å². The minimum absolute atomic E-state index is 0. The number of halogens is 1. The first-order chi connectivity index (χ1) is 5.16. The van der Waals surface area contributed by atoms with Gasteiger partial charge in [-0.05, 0) is 37.5 Å². The Balaban J connectivity index is 0.00000121. The van der Waals surface area contributed by atoms with Crippen LogP contribution in [0.1, 0.15) is 16.7 Å². The van der Waals surface area contributed by atoms with Crippen LogP contribution in [0, 0.1) is 20.8 Å². The second kappa shape index (κ2) is 4.33. The van der Waals surface area contributed by atoms with Gasteiger partial charge in [0.1, 0.15) is 0 Å². The summed E-state index contributed by atoms with van der Waals surface area (Å²) in [5.41, 5.74) is 7.44. The number of anilines is 1. The maximum atomic E-state index is 5.37. The number of nitrogen functional groups attached to an aromatic ring is 1. The molecule has 0 aliphatic rings. The van der Waals surface area contributed by atoms with Crippen LogP contribution in [0.3, 0.4) is 0 Å². The molecule has 0 fully saturated rings. The number of nitrogens with one attached hydrogen (secondary N) is 1. The fourth-order valence-corrected chi connectivity index (χ4v) is 1.17. The largest absolute Gasteiger partial charge is 0.324 e. The monoisotopic (exact) mass is 186 g/mol. The van der Waals surface area contributed by atoms with Gasteiger partial charge in [0.2, 0.25) is 0 Å². The molecule has 0 heterocycles. The number of hydrogen-bond donors (Lipinski definition) is 2. The molecule has 0 aliphatic carbocycles. The minimum Gasteiger partial charge on any atom is -0.324 e. The molecule has 0 unspecified atom stereocenters. The fourth-order valence-electron chi connectivity index (χ4n) is 1.17. The fraction of sp³-hybridized carbons (Fsp3) is 0.333. The van der Waals surface area contributed by atoms with Gasteiger partial charge in [-0.3, -0.25) is 5.84 Å². The van der Waals surface area contributed by atoms with Crippen molar-refractivity contribution in [2.75, 3.05) is 5.43 Å². The van der Waals surface area contributed by atoms with Crippen LogP contribution in [0.25, 0.3) is 0 Å². The van der Waals surface area contributed by atoms with E-state index in [-0.39, 0.29) is 12.4 Å². The first-order valence-electron chi connectivity index (χ1n) is 3.70. The molecule has 3 N–H and O–H groups in total. The Morgan fingerprint density at radius 3 is 2.00 bits per heavy atom. The molecular formula is C9H15ClN2. The van der Waals surface area contributed by atoms with E-state index in [9.17, 15) is 0 Å². The highest BCUT2D eigenvalue weighted by atomic mass is 35.5. The maximum absolute atomic E-state index is 5.37. The van der Waals surface area contributed by atoms with Crippen LogP contribution in [0.5, 0.6) is 0 Å². The number of nitrogens with two attached hydrogens (primary N) is 1. The van der Waals surface area contributed by atoms with Gasteiger partial charge in [0.05, 0.1) is 5.69 Å². The van der Waals surface area contributed by atoms with Crippen molar-refractivity contribution >= 4 is 18.1 Å². The third-order valence-electron chi connectivity index (χ3n) is 2.09. The summed E-state index contributed by atoms with van der Waals surface area (Å²) in [6.07, 6.45) is 0. The van der Waals surface area contributed by atoms with Gasteiger partial charge in [-0.15, -0.1) is 12.4 Å². The molecule has 1 aromatic rings. The summed E-state index contributed by atoms with van der Waals surface area (Å²) in [6.45, 7) is 6.19. The lowest BCUT2D eigenvalue weighted by Crippen LogP contribution is -2.10. The van der Waals surface area contributed by atoms with Crippen molar-refractivity contribution in [1.82, 2.24) is 0 Å². The molecule has 0 aromatic heterocycles. The van der Waals surface area contributed by atoms with Crippen molar-refractivity contribution in [3.8, 4) is 0 Å². The van der Waals surface area contributed by atoms with Gasteiger partial charge in [-0.2, -0.15) is 0 Å². The van der Waals surface area contributed by atoms with E-state index in [0.717, 1.165) is 5.69 Å². The van der Waals surface area contributed by atoms with Crippen LogP contribution >= 0.6 is 12.4 Å². The van der Waals surface area contributed by atoms with Crippen molar-refractivity contribution in [2.24, 2.45) is 5.84 Å². The average Bonchev–Trinajstić information content (AvgIpc) is 1.99. The lowest BCUT2D eigenvalue weighted by Gasteiger charge is -2.10. The zero-order valence-electron chi connectivity index (χ0n) is 7.64. The Bertz CT molecular complexity index is 271. The van der Waals surface area contributed by atoms with Crippen LogP contribution in [0.2, 0.25) is 0 Å². The summed E-state index contributed by atoms with van der Waals surface area (Å²) in [6, 6.07) is 4.17. The van der Waals surface area contributed by atoms with Crippen LogP contribution in [0.4, 0.5) is 5.69 Å². The average molecular weight is 187 g/mol. The summed E-state index contributed by atoms with van der Waals surface area (Å²) >= 11 is 0. The standard InChI is InChI=1S/C9H14N2.ClH/c1-6-4-5-7(2)9(11-10)8(6)3;/h4-5,11H,10H2,1-3H3;1H. The summed E-state index contributed by atoms with van der Waals surface area (Å²) in [5.74, 6) is 5.37. The molecule has 0 spiro atoms. The van der Waals surface area contributed by atoms with Gasteiger partial charge in [-0.1, -0.05) is 12.1 Å². The topological polar surface area (TPSA) is 38.0 Å². The highest BCUT2D eigenvalue weighted by molar-refractivity contribution is 5.85. The highest BCUT2D eigenvalue weighted by Gasteiger charge is 2.01. The number of rotatable bonds is 1. The second-order valence-corrected chi connectivity index (χ2v) is 2.84. The molecule has 0 bridgehead atoms. The van der Waals surface area contributed by atoms with Crippen LogP contribution < -0.4 is 11.3 Å². The van der Waals surface area contributed by atoms with Crippen molar-refractivity contribution < 1.29 is 0 Å². The van der Waals surface area contributed by atoms with E-state index in [1.54, 1.807) is 0 Å². The van der Waals surface area contributed by atoms with Gasteiger partial charge in [0.25, 0.3) is 0 Å². The molecule has 12 heavy (non-hydrogen) atoms. The number of hydrogen-bond acceptors (Lipinski definition) is 2. The van der Waals surface area contributed by atoms with E-state index in [2.05, 4.69) is 31.4 Å². The van der Waals surface area contributed by atoms with E-state index in [0.29, 0.717) is 0 Å². The lowest BCUT2D eigenvalue weighted by atomic mass is 10.0. The van der Waals surface area contributed by atoms with Gasteiger partial charge >= 0.3 is 0 Å². The number of aryl methyl sites for hydroxylation is 2. The SMILES string of the molecule is Cc1ccc(C)c(NN)c1C.Cl. The van der Waals surface area contributed by atoms with Gasteiger partial charge in [0.15, 0.2) is 0 Å². The number of benzene rings is 1. The molecule has 0 amide bonds. The summed E-state index contributed by atoms with van der Waals surface area (Å²) < 4.78 is 0. The Morgan fingerprint density at radius 2 is 1.58 bits per heavy atom. The normalized spacial score (nSPS) is 9.00. The molecule has 3 heteroatoms. The molecule has 1 aromatic carbocycles. The molecule has 0 saturated heterocycles. The summed E-state index contributed by atoms with van der Waals surface area (Å²) in [4.78, 5) is 0. The molecular weight excluding hydrogens is 172 g/mol. The van der Waals surface area contributed by atoms with E-state index in [1.165, 1.54) is 16.7 Å². The molecule has 0 saturated carbocycles. The smallest absolute Gasteiger partial charge is 0.0546 e. The summed E-state index contributed by atoms with van der Waals surface area (Å²) in [5, 5.41) is 0. The molecule has 0 atom stereocenters. The third kappa shape index (κ3) is 1.90. The van der Waals surface area contributed by atoms with Gasteiger partial charge < -0.3 is 5.43 Å². The van der Waals surface area contributed by atoms with Gasteiger partial charge in [0, 0.05) is 0 Å². The zero-order valence-corrected chi connectivity index (χ0v) is 8.46. The predicted molar refractivity (Wildman–Crippen MR) is 55.7 cm³/mol. The second-order valence-electron chi connectivity index (χ2n) is 2.84. The van der Waals surface area contributed by atoms with Crippen LogP contribution in [-0.4, -0.2) is 0 Å². The Hall–Kier alpha value is -0.730. The van der Waals surface area contributed by atoms with Crippen LogP contribution in [0.15, 0.2) is 12.1 Å². The predicted octanol–water partition coefficient (Wildman–Crippen LogP) is 2.32. The first-order valence-corrected chi connectivity index (χ1v) is 3.70. The zero-order chi connectivity index (χ0) is 8.43. The summed E-state index contributed by atoms with van der Waals surface area (Å²) in [7, 11) is 0. The molecule has 0 aliphatic heterocycles. The quantitative estimate of drug-likeness (QED) is 0.522. The third-order valence-corrected chi connectivity index (χ3v) is 2.09. The lowest BCUT2D eigenvalue weighted by molar-refractivity contribution is 1.23. The Labute approximate surface area is 79.5 Å². The van der Waals surface area contributed by atoms with E-state index in [1.807, 2.05) is 6.92 Å². The van der Waals surface area contributed by atoms with Crippen molar-refractivity contribution in [3.05, 3.63) is 28.8 Å². The van der Waals surface area contributed by atoms with E-state index < -0.39 is 0 Å². The first kappa shape index (κ1) is 11.3. The molecule has 2 nitrogen and oxygen atoms in total. The molecule has 68 valence electrons. The van der Waals surface area contributed by atoms with E-state index in [4.69, 9.17) is 5.84 Å². The maximum Gasteiger partial charge on any atom is 0.0546 e. The van der Waals surface area contributed by atoms with E-state index >= 15 is 0 Å². The molecule has 0 radical (unpaired) electrons. The minimum atomic E-state index is 0. The van der Waals surface area contributed by atoms with Crippen molar-refractivity contribution in [2.45, 2.75) is 20.8 Å². The Morgan fingerprint density at radius 1 is 1.08 bits per heavy atom. The Kier molecular flexibility index (Phi) is 4.07.